The van der Waals surface area contributed by atoms with E-state index in [-0.39, 0.29) is 11.8 Å². The fraction of sp³-hybridized carbons (Fsp3) is 0.240. The number of hydrogen-bond donors (Lipinski definition) is 1. The van der Waals surface area contributed by atoms with Gasteiger partial charge in [0.05, 0.1) is 12.7 Å². The molecule has 2 aromatic carbocycles. The van der Waals surface area contributed by atoms with Crippen molar-refractivity contribution in [3.05, 3.63) is 89.9 Å². The first-order chi connectivity index (χ1) is 15.7. The molecule has 0 unspecified atom stereocenters. The van der Waals surface area contributed by atoms with E-state index in [2.05, 4.69) is 44.7 Å². The molecular formula is C25H25N5O2. The van der Waals surface area contributed by atoms with Gasteiger partial charge in [-0.25, -0.2) is 0 Å². The second-order valence-electron chi connectivity index (χ2n) is 8.09. The Morgan fingerprint density at radius 1 is 1.06 bits per heavy atom. The molecule has 5 rings (SSSR count). The van der Waals surface area contributed by atoms with Crippen LogP contribution in [0.2, 0.25) is 0 Å². The molecule has 1 atom stereocenters. The number of carbonyl (C=O) groups excluding carboxylic acids is 1. The van der Waals surface area contributed by atoms with E-state index >= 15 is 0 Å². The van der Waals surface area contributed by atoms with Gasteiger partial charge in [-0.2, -0.15) is 0 Å². The highest BCUT2D eigenvalue weighted by atomic mass is 16.5. The van der Waals surface area contributed by atoms with Crippen molar-refractivity contribution in [2.24, 2.45) is 0 Å². The Kier molecular flexibility index (Phi) is 5.56. The van der Waals surface area contributed by atoms with Crippen LogP contribution in [0.25, 0.3) is 5.65 Å². The Labute approximate surface area is 186 Å². The summed E-state index contributed by atoms with van der Waals surface area (Å²) in [5, 5.41) is 11.7. The quantitative estimate of drug-likeness (QED) is 0.504. The van der Waals surface area contributed by atoms with Crippen LogP contribution in [0.1, 0.15) is 34.1 Å². The highest BCUT2D eigenvalue weighted by molar-refractivity contribution is 6.04. The van der Waals surface area contributed by atoms with E-state index in [9.17, 15) is 4.79 Å². The molecule has 0 bridgehead atoms. The third-order valence-electron chi connectivity index (χ3n) is 5.93. The van der Waals surface area contributed by atoms with Crippen LogP contribution in [-0.4, -0.2) is 45.6 Å². The summed E-state index contributed by atoms with van der Waals surface area (Å²) in [5.41, 5.74) is 3.35. The molecule has 3 heterocycles. The molecule has 7 nitrogen and oxygen atoms in total. The zero-order chi connectivity index (χ0) is 21.9. The van der Waals surface area contributed by atoms with Crippen molar-refractivity contribution in [1.82, 2.24) is 19.5 Å². The van der Waals surface area contributed by atoms with Crippen molar-refractivity contribution in [2.45, 2.75) is 18.9 Å². The number of aromatic nitrogens is 3. The van der Waals surface area contributed by atoms with E-state index in [1.165, 1.54) is 5.56 Å². The molecule has 1 amide bonds. The monoisotopic (exact) mass is 427 g/mol. The summed E-state index contributed by atoms with van der Waals surface area (Å²) in [5.74, 6) is 1.77. The number of carbonyl (C=O) groups is 1. The number of methoxy groups -OCH3 is 1. The molecule has 1 aliphatic heterocycles. The van der Waals surface area contributed by atoms with Gasteiger partial charge in [0.1, 0.15) is 11.6 Å². The lowest BCUT2D eigenvalue weighted by Crippen LogP contribution is -2.20. The SMILES string of the molecule is COc1ccc(NC(=O)c2ccc3nnc([C@@H]4CCN(Cc5ccccc5)C4)n3c2)cc1. The number of fused-ring (bicyclic) bond motifs is 1. The van der Waals surface area contributed by atoms with Crippen molar-refractivity contribution >= 4 is 17.2 Å². The molecule has 32 heavy (non-hydrogen) atoms. The van der Waals surface area contributed by atoms with Crippen LogP contribution in [0.15, 0.2) is 72.9 Å². The maximum Gasteiger partial charge on any atom is 0.257 e. The third kappa shape index (κ3) is 4.20. The molecule has 1 fully saturated rings. The minimum atomic E-state index is -0.172. The summed E-state index contributed by atoms with van der Waals surface area (Å²) in [6.45, 7) is 2.88. The van der Waals surface area contributed by atoms with Crippen molar-refractivity contribution in [1.29, 1.82) is 0 Å². The van der Waals surface area contributed by atoms with E-state index in [0.29, 0.717) is 11.3 Å². The second kappa shape index (κ2) is 8.80. The fourth-order valence-electron chi connectivity index (χ4n) is 4.23. The van der Waals surface area contributed by atoms with Crippen LogP contribution in [0, 0.1) is 0 Å². The Morgan fingerprint density at radius 3 is 2.66 bits per heavy atom. The van der Waals surface area contributed by atoms with Gasteiger partial charge in [-0.15, -0.1) is 10.2 Å². The van der Waals surface area contributed by atoms with Gasteiger partial charge in [-0.1, -0.05) is 30.3 Å². The molecule has 1 saturated heterocycles. The number of anilines is 1. The second-order valence-corrected chi connectivity index (χ2v) is 8.09. The number of nitrogens with one attached hydrogen (secondary N) is 1. The molecule has 0 radical (unpaired) electrons. The zero-order valence-electron chi connectivity index (χ0n) is 17.9. The maximum atomic E-state index is 12.8. The van der Waals surface area contributed by atoms with Crippen LogP contribution < -0.4 is 10.1 Å². The van der Waals surface area contributed by atoms with Gasteiger partial charge in [0, 0.05) is 30.9 Å². The average Bonchev–Trinajstić information content (AvgIpc) is 3.46. The van der Waals surface area contributed by atoms with Crippen LogP contribution >= 0.6 is 0 Å². The molecular weight excluding hydrogens is 402 g/mol. The lowest BCUT2D eigenvalue weighted by molar-refractivity contribution is 0.102. The number of amides is 1. The zero-order valence-corrected chi connectivity index (χ0v) is 17.9. The van der Waals surface area contributed by atoms with Crippen LogP contribution in [0.4, 0.5) is 5.69 Å². The molecule has 0 aliphatic carbocycles. The Morgan fingerprint density at radius 2 is 1.88 bits per heavy atom. The molecule has 0 saturated carbocycles. The first kappa shape index (κ1) is 20.2. The molecule has 1 aliphatic rings. The smallest absolute Gasteiger partial charge is 0.257 e. The Bertz CT molecular complexity index is 1220. The standard InChI is InChI=1S/C25H25N5O2/c1-32-22-10-8-21(9-11-22)26-25(31)20-7-12-23-27-28-24(30(23)17-20)19-13-14-29(16-19)15-18-5-3-2-4-6-18/h2-12,17,19H,13-16H2,1H3,(H,26,31)/t19-/m1/s1. The number of benzene rings is 2. The van der Waals surface area contributed by atoms with Gasteiger partial charge < -0.3 is 10.1 Å². The first-order valence-electron chi connectivity index (χ1n) is 10.8. The first-order valence-corrected chi connectivity index (χ1v) is 10.8. The third-order valence-corrected chi connectivity index (χ3v) is 5.93. The van der Waals surface area contributed by atoms with Crippen LogP contribution in [-0.2, 0) is 6.54 Å². The molecule has 7 heteroatoms. The Hall–Kier alpha value is -3.71. The minimum Gasteiger partial charge on any atom is -0.497 e. The lowest BCUT2D eigenvalue weighted by atomic mass is 10.1. The Balaban J connectivity index is 1.32. The summed E-state index contributed by atoms with van der Waals surface area (Å²) in [6, 6.07) is 21.4. The molecule has 1 N–H and O–H groups in total. The van der Waals surface area contributed by atoms with E-state index in [0.717, 1.165) is 43.3 Å². The maximum absolute atomic E-state index is 12.8. The largest absolute Gasteiger partial charge is 0.497 e. The molecule has 0 spiro atoms. The number of pyridine rings is 1. The summed E-state index contributed by atoms with van der Waals surface area (Å²) < 4.78 is 7.13. The number of rotatable bonds is 6. The number of ether oxygens (including phenoxy) is 1. The van der Waals surface area contributed by atoms with E-state index < -0.39 is 0 Å². The fourth-order valence-corrected chi connectivity index (χ4v) is 4.23. The van der Waals surface area contributed by atoms with Gasteiger partial charge in [-0.3, -0.25) is 14.1 Å². The van der Waals surface area contributed by atoms with Crippen molar-refractivity contribution in [3.8, 4) is 5.75 Å². The summed E-state index contributed by atoms with van der Waals surface area (Å²) >= 11 is 0. The van der Waals surface area contributed by atoms with E-state index in [1.54, 1.807) is 13.2 Å². The molecule has 2 aromatic heterocycles. The normalized spacial score (nSPS) is 16.3. The van der Waals surface area contributed by atoms with Crippen molar-refractivity contribution < 1.29 is 9.53 Å². The summed E-state index contributed by atoms with van der Waals surface area (Å²) in [7, 11) is 1.62. The van der Waals surface area contributed by atoms with E-state index in [4.69, 9.17) is 4.74 Å². The lowest BCUT2D eigenvalue weighted by Gasteiger charge is -2.15. The van der Waals surface area contributed by atoms with Crippen molar-refractivity contribution in [3.63, 3.8) is 0 Å². The summed E-state index contributed by atoms with van der Waals surface area (Å²) in [6.07, 6.45) is 2.86. The van der Waals surface area contributed by atoms with Gasteiger partial charge in [0.15, 0.2) is 5.65 Å². The van der Waals surface area contributed by atoms with Gasteiger partial charge in [0.2, 0.25) is 0 Å². The minimum absolute atomic E-state index is 0.172. The van der Waals surface area contributed by atoms with Crippen LogP contribution in [0.5, 0.6) is 5.75 Å². The van der Waals surface area contributed by atoms with Crippen molar-refractivity contribution in [2.75, 3.05) is 25.5 Å². The highest BCUT2D eigenvalue weighted by Crippen LogP contribution is 2.27. The average molecular weight is 428 g/mol. The van der Waals surface area contributed by atoms with Crippen LogP contribution in [0.3, 0.4) is 0 Å². The predicted molar refractivity (Wildman–Crippen MR) is 123 cm³/mol. The molecule has 162 valence electrons. The summed E-state index contributed by atoms with van der Waals surface area (Å²) in [4.78, 5) is 15.3. The molecule has 4 aromatic rings. The highest BCUT2D eigenvalue weighted by Gasteiger charge is 2.27. The van der Waals surface area contributed by atoms with Gasteiger partial charge >= 0.3 is 0 Å². The number of nitrogens with zero attached hydrogens (tertiary/aromatic N) is 4. The number of hydrogen-bond acceptors (Lipinski definition) is 5. The van der Waals surface area contributed by atoms with Gasteiger partial charge in [0.25, 0.3) is 5.91 Å². The van der Waals surface area contributed by atoms with Gasteiger partial charge in [-0.05, 0) is 54.9 Å². The number of likely N-dealkylation sites (tertiary alicyclic amines) is 1. The predicted octanol–water partition coefficient (Wildman–Crippen LogP) is 3.98. The van der Waals surface area contributed by atoms with E-state index in [1.807, 2.05) is 47.0 Å². The topological polar surface area (TPSA) is 71.8 Å².